The number of nitrogens with zero attached hydrogens (tertiary/aromatic N) is 1. The molecule has 2 amide bonds. The quantitative estimate of drug-likeness (QED) is 0.278. The average Bonchev–Trinajstić information content (AvgIpc) is 3.48. The molecule has 0 aromatic heterocycles. The van der Waals surface area contributed by atoms with Crippen molar-refractivity contribution >= 4 is 17.9 Å². The molecule has 2 heterocycles. The second kappa shape index (κ2) is 12.0. The van der Waals surface area contributed by atoms with Crippen molar-refractivity contribution in [1.82, 2.24) is 4.90 Å². The molecule has 6 heteroatoms. The van der Waals surface area contributed by atoms with Gasteiger partial charge in [-0.25, -0.2) is 0 Å². The van der Waals surface area contributed by atoms with Crippen molar-refractivity contribution in [3.63, 3.8) is 0 Å². The van der Waals surface area contributed by atoms with Gasteiger partial charge in [-0.05, 0) is 98.1 Å². The third kappa shape index (κ3) is 5.46. The highest BCUT2D eigenvalue weighted by molar-refractivity contribution is 6.06. The zero-order valence-electron chi connectivity index (χ0n) is 24.1. The van der Waals surface area contributed by atoms with Crippen LogP contribution in [0.15, 0.2) is 59.2 Å². The minimum atomic E-state index is -0.330. The van der Waals surface area contributed by atoms with Crippen LogP contribution in [0.5, 0.6) is 11.5 Å². The van der Waals surface area contributed by atoms with Crippen molar-refractivity contribution in [2.24, 2.45) is 17.8 Å². The molecule has 2 saturated heterocycles. The Bertz CT molecular complexity index is 1300. The summed E-state index contributed by atoms with van der Waals surface area (Å²) in [5.74, 6) is 0.354. The molecular formula is C34H41NO5. The molecule has 4 atom stereocenters. The number of para-hydroxylation sites is 1. The molecule has 212 valence electrons. The summed E-state index contributed by atoms with van der Waals surface area (Å²) >= 11 is 0. The van der Waals surface area contributed by atoms with Gasteiger partial charge in [-0.1, -0.05) is 43.7 Å². The maximum Gasteiger partial charge on any atom is 0.233 e. The van der Waals surface area contributed by atoms with Crippen molar-refractivity contribution in [2.75, 3.05) is 19.8 Å². The molecular weight excluding hydrogens is 502 g/mol. The van der Waals surface area contributed by atoms with Gasteiger partial charge in [-0.2, -0.15) is 0 Å². The van der Waals surface area contributed by atoms with E-state index < -0.39 is 0 Å². The van der Waals surface area contributed by atoms with Gasteiger partial charge in [0, 0.05) is 12.5 Å². The summed E-state index contributed by atoms with van der Waals surface area (Å²) in [6.07, 6.45) is 6.04. The first-order chi connectivity index (χ1) is 19.3. The van der Waals surface area contributed by atoms with Crippen LogP contribution in [0.1, 0.15) is 62.6 Å². The number of hydrogen-bond acceptors (Lipinski definition) is 5. The van der Waals surface area contributed by atoms with E-state index in [9.17, 15) is 14.7 Å². The first kappa shape index (κ1) is 28.2. The molecule has 2 aliphatic heterocycles. The zero-order valence-corrected chi connectivity index (χ0v) is 24.1. The number of ether oxygens (including phenoxy) is 2. The maximum absolute atomic E-state index is 13.4. The van der Waals surface area contributed by atoms with Gasteiger partial charge in [-0.3, -0.25) is 14.5 Å². The fourth-order valence-electron chi connectivity index (χ4n) is 6.78. The first-order valence-electron chi connectivity index (χ1n) is 14.7. The summed E-state index contributed by atoms with van der Waals surface area (Å²) < 4.78 is 12.6. The van der Waals surface area contributed by atoms with E-state index in [-0.39, 0.29) is 35.7 Å². The van der Waals surface area contributed by atoms with E-state index in [2.05, 4.69) is 13.0 Å². The van der Waals surface area contributed by atoms with Gasteiger partial charge in [0.05, 0.1) is 24.5 Å². The van der Waals surface area contributed by atoms with Crippen molar-refractivity contribution < 1.29 is 24.2 Å². The van der Waals surface area contributed by atoms with Gasteiger partial charge in [0.25, 0.3) is 0 Å². The number of carbonyl (C=O) groups excluding carboxylic acids is 2. The fraction of sp³-hybridized carbons (Fsp3) is 0.471. The highest BCUT2D eigenvalue weighted by Gasteiger charge is 2.56. The van der Waals surface area contributed by atoms with Gasteiger partial charge in [0.15, 0.2) is 0 Å². The van der Waals surface area contributed by atoms with Gasteiger partial charge in [0.1, 0.15) is 18.1 Å². The molecule has 0 radical (unpaired) electrons. The summed E-state index contributed by atoms with van der Waals surface area (Å²) in [4.78, 5) is 28.2. The number of aromatic hydroxyl groups is 1. The largest absolute Gasteiger partial charge is 0.507 e. The first-order valence-corrected chi connectivity index (χ1v) is 14.7. The van der Waals surface area contributed by atoms with Crippen LogP contribution < -0.4 is 4.74 Å². The lowest BCUT2D eigenvalue weighted by Crippen LogP contribution is -2.35. The number of hydrogen-bond donors (Lipinski definition) is 1. The van der Waals surface area contributed by atoms with Crippen LogP contribution >= 0.6 is 0 Å². The summed E-state index contributed by atoms with van der Waals surface area (Å²) in [7, 11) is 0. The lowest BCUT2D eigenvalue weighted by molar-refractivity contribution is -0.140. The van der Waals surface area contributed by atoms with Gasteiger partial charge in [0.2, 0.25) is 11.8 Å². The minimum Gasteiger partial charge on any atom is -0.507 e. The molecule has 6 nitrogen and oxygen atoms in total. The highest BCUT2D eigenvalue weighted by Crippen LogP contribution is 2.50. The Balaban J connectivity index is 1.40. The Morgan fingerprint density at radius 2 is 1.80 bits per heavy atom. The van der Waals surface area contributed by atoms with E-state index >= 15 is 0 Å². The van der Waals surface area contributed by atoms with Crippen LogP contribution in [0.25, 0.3) is 6.08 Å². The number of aryl methyl sites for hydroxylation is 2. The number of fused-ring (bicyclic) bond motifs is 3. The predicted molar refractivity (Wildman–Crippen MR) is 156 cm³/mol. The normalized spacial score (nSPS) is 24.5. The van der Waals surface area contributed by atoms with E-state index in [1.165, 1.54) is 16.0 Å². The molecule has 0 saturated carbocycles. The van der Waals surface area contributed by atoms with Crippen LogP contribution in [-0.2, 0) is 14.3 Å². The number of phenolic OH excluding ortho intramolecular Hbond substituents is 1. The molecule has 1 N–H and O–H groups in total. The molecule has 2 aromatic rings. The Morgan fingerprint density at radius 3 is 2.48 bits per heavy atom. The van der Waals surface area contributed by atoms with Crippen LogP contribution in [0.3, 0.4) is 0 Å². The third-order valence-electron chi connectivity index (χ3n) is 8.77. The van der Waals surface area contributed by atoms with Crippen LogP contribution in [0.2, 0.25) is 0 Å². The van der Waals surface area contributed by atoms with Crippen molar-refractivity contribution in [1.29, 1.82) is 0 Å². The summed E-state index contributed by atoms with van der Waals surface area (Å²) in [6.45, 7) is 9.37. The SMILES string of the molecule is CCCN1C(=O)[C@@H]2[C@@H](CC(COc3ccccc3)=C3[C@@H](CC/C(=C/c4cc(C)c(O)c(C)c4)CC)OC[C@@H]32)C1=O. The molecule has 0 bridgehead atoms. The van der Waals surface area contributed by atoms with E-state index in [1.807, 2.05) is 63.2 Å². The number of imide groups is 1. The van der Waals surface area contributed by atoms with Crippen molar-refractivity contribution in [2.45, 2.75) is 65.9 Å². The molecule has 40 heavy (non-hydrogen) atoms. The molecule has 0 spiro atoms. The number of allylic oxidation sites excluding steroid dienone is 1. The Hall–Kier alpha value is -3.38. The van der Waals surface area contributed by atoms with Crippen molar-refractivity contribution in [3.8, 4) is 11.5 Å². The molecule has 3 aliphatic rings. The number of carbonyl (C=O) groups is 2. The fourth-order valence-corrected chi connectivity index (χ4v) is 6.78. The standard InChI is InChI=1S/C34H41NO5/c1-5-14-35-33(37)27-18-25(19-39-26-10-8-7-9-11-26)30-28(31(27)34(35)38)20-40-29(30)13-12-23(6-2)17-24-15-21(3)32(36)22(4)16-24/h7-11,15-17,27-29,31,36H,5-6,12-14,18-20H2,1-4H3/b23-17+/t27-,28+,29-,31-/m1/s1. The number of rotatable bonds is 10. The van der Waals surface area contributed by atoms with E-state index in [0.717, 1.165) is 53.7 Å². The lowest BCUT2D eigenvalue weighted by atomic mass is 9.69. The summed E-state index contributed by atoms with van der Waals surface area (Å²) in [5.41, 5.74) is 6.46. The number of amides is 2. The monoisotopic (exact) mass is 543 g/mol. The Morgan fingerprint density at radius 1 is 1.07 bits per heavy atom. The van der Waals surface area contributed by atoms with E-state index in [0.29, 0.717) is 31.9 Å². The van der Waals surface area contributed by atoms with Crippen LogP contribution in [0.4, 0.5) is 0 Å². The minimum absolute atomic E-state index is 0.0289. The van der Waals surface area contributed by atoms with Gasteiger partial charge < -0.3 is 14.6 Å². The second-order valence-electron chi connectivity index (χ2n) is 11.5. The Kier molecular flexibility index (Phi) is 8.46. The highest BCUT2D eigenvalue weighted by atomic mass is 16.5. The maximum atomic E-state index is 13.4. The van der Waals surface area contributed by atoms with Crippen molar-refractivity contribution in [3.05, 3.63) is 75.9 Å². The molecule has 5 rings (SSSR count). The molecule has 1 aliphatic carbocycles. The third-order valence-corrected chi connectivity index (χ3v) is 8.77. The summed E-state index contributed by atoms with van der Waals surface area (Å²) in [6, 6.07) is 13.8. The molecule has 2 aromatic carbocycles. The number of likely N-dealkylation sites (tertiary alicyclic amines) is 1. The topological polar surface area (TPSA) is 76.1 Å². The van der Waals surface area contributed by atoms with Gasteiger partial charge >= 0.3 is 0 Å². The zero-order chi connectivity index (χ0) is 28.4. The molecule has 0 unspecified atom stereocenters. The smallest absolute Gasteiger partial charge is 0.233 e. The van der Waals surface area contributed by atoms with E-state index in [1.54, 1.807) is 0 Å². The number of phenols is 1. The molecule has 2 fully saturated rings. The van der Waals surface area contributed by atoms with E-state index in [4.69, 9.17) is 9.47 Å². The lowest BCUT2D eigenvalue weighted by Gasteiger charge is -2.31. The number of benzene rings is 2. The van der Waals surface area contributed by atoms with Gasteiger partial charge in [-0.15, -0.1) is 0 Å². The second-order valence-corrected chi connectivity index (χ2v) is 11.5. The average molecular weight is 544 g/mol. The van der Waals surface area contributed by atoms with Crippen LogP contribution in [-0.4, -0.2) is 47.7 Å². The summed E-state index contributed by atoms with van der Waals surface area (Å²) in [5, 5.41) is 10.2. The van der Waals surface area contributed by atoms with Crippen LogP contribution in [0, 0.1) is 31.6 Å². The Labute approximate surface area is 237 Å². The predicted octanol–water partition coefficient (Wildman–Crippen LogP) is 6.39.